The van der Waals surface area contributed by atoms with Gasteiger partial charge in [0.1, 0.15) is 5.82 Å². The molecule has 0 aromatic carbocycles. The number of hydrogen-bond donors (Lipinski definition) is 2. The molecule has 2 N–H and O–H groups in total. The molecule has 0 spiro atoms. The normalized spacial score (nSPS) is 16.5. The second-order valence-corrected chi connectivity index (χ2v) is 5.01. The monoisotopic (exact) mass is 249 g/mol. The van der Waals surface area contributed by atoms with Crippen molar-refractivity contribution in [3.8, 4) is 0 Å². The number of aromatic nitrogens is 1. The summed E-state index contributed by atoms with van der Waals surface area (Å²) in [5, 5.41) is 7.23. The van der Waals surface area contributed by atoms with Crippen molar-refractivity contribution in [3.63, 3.8) is 0 Å². The van der Waals surface area contributed by atoms with Crippen molar-refractivity contribution in [2.24, 2.45) is 0 Å². The van der Waals surface area contributed by atoms with E-state index in [0.717, 1.165) is 11.4 Å². The van der Waals surface area contributed by atoms with E-state index in [0.29, 0.717) is 11.2 Å². The van der Waals surface area contributed by atoms with E-state index >= 15 is 0 Å². The number of aryl methyl sites for hydroxylation is 1. The highest BCUT2D eigenvalue weighted by molar-refractivity contribution is 7.80. The van der Waals surface area contributed by atoms with Crippen LogP contribution in [0.15, 0.2) is 18.3 Å². The van der Waals surface area contributed by atoms with E-state index in [1.165, 1.54) is 32.1 Å². The number of nitrogens with zero attached hydrogens (tertiary/aromatic N) is 1. The highest BCUT2D eigenvalue weighted by Gasteiger charge is 2.14. The van der Waals surface area contributed by atoms with E-state index in [9.17, 15) is 0 Å². The zero-order valence-corrected chi connectivity index (χ0v) is 11.0. The lowest BCUT2D eigenvalue weighted by Gasteiger charge is -2.24. The molecule has 1 aromatic heterocycles. The molecule has 1 fully saturated rings. The minimum Gasteiger partial charge on any atom is -0.360 e. The van der Waals surface area contributed by atoms with Crippen molar-refractivity contribution in [3.05, 3.63) is 23.9 Å². The maximum Gasteiger partial charge on any atom is 0.172 e. The van der Waals surface area contributed by atoms with E-state index in [4.69, 9.17) is 12.2 Å². The van der Waals surface area contributed by atoms with Gasteiger partial charge in [0.15, 0.2) is 5.11 Å². The largest absolute Gasteiger partial charge is 0.360 e. The molecule has 0 bridgehead atoms. The summed E-state index contributed by atoms with van der Waals surface area (Å²) in [5.41, 5.74) is 1.11. The molecule has 1 aromatic rings. The first kappa shape index (κ1) is 12.3. The fraction of sp³-hybridized carbons (Fsp3) is 0.538. The second kappa shape index (κ2) is 5.96. The predicted octanol–water partition coefficient (Wildman–Crippen LogP) is 3.01. The Bertz CT molecular complexity index is 386. The number of pyridine rings is 1. The Kier molecular flexibility index (Phi) is 4.31. The van der Waals surface area contributed by atoms with Gasteiger partial charge >= 0.3 is 0 Å². The third kappa shape index (κ3) is 3.66. The predicted molar refractivity (Wildman–Crippen MR) is 75.2 cm³/mol. The van der Waals surface area contributed by atoms with Gasteiger partial charge < -0.3 is 10.6 Å². The van der Waals surface area contributed by atoms with Crippen LogP contribution in [0, 0.1) is 6.92 Å². The molecule has 2 rings (SSSR count). The Morgan fingerprint density at radius 3 is 2.82 bits per heavy atom. The van der Waals surface area contributed by atoms with Crippen LogP contribution < -0.4 is 10.6 Å². The third-order valence-electron chi connectivity index (χ3n) is 3.18. The first-order valence-electron chi connectivity index (χ1n) is 6.25. The van der Waals surface area contributed by atoms with Crippen LogP contribution in [-0.2, 0) is 0 Å². The maximum atomic E-state index is 5.31. The van der Waals surface area contributed by atoms with Gasteiger partial charge in [0, 0.05) is 12.2 Å². The fourth-order valence-electron chi connectivity index (χ4n) is 2.19. The van der Waals surface area contributed by atoms with Gasteiger partial charge in [-0.3, -0.25) is 0 Å². The summed E-state index contributed by atoms with van der Waals surface area (Å²) in [5.74, 6) is 0.848. The van der Waals surface area contributed by atoms with Crippen molar-refractivity contribution in [1.29, 1.82) is 0 Å². The molecule has 4 heteroatoms. The molecular weight excluding hydrogens is 230 g/mol. The first-order valence-corrected chi connectivity index (χ1v) is 6.65. The summed E-state index contributed by atoms with van der Waals surface area (Å²) in [7, 11) is 0. The van der Waals surface area contributed by atoms with Crippen molar-refractivity contribution in [2.45, 2.75) is 45.1 Å². The number of nitrogens with one attached hydrogen (secondary N) is 2. The summed E-state index contributed by atoms with van der Waals surface area (Å²) in [6.07, 6.45) is 8.20. The van der Waals surface area contributed by atoms with Gasteiger partial charge in [-0.1, -0.05) is 25.3 Å². The zero-order chi connectivity index (χ0) is 12.1. The van der Waals surface area contributed by atoms with Crippen LogP contribution in [-0.4, -0.2) is 16.1 Å². The Labute approximate surface area is 108 Å². The Morgan fingerprint density at radius 1 is 1.35 bits per heavy atom. The SMILES string of the molecule is Cc1cccnc1NC(=S)NC1CCCCC1. The van der Waals surface area contributed by atoms with Gasteiger partial charge in [0.25, 0.3) is 0 Å². The lowest BCUT2D eigenvalue weighted by Crippen LogP contribution is -2.39. The van der Waals surface area contributed by atoms with Gasteiger partial charge in [0.2, 0.25) is 0 Å². The zero-order valence-electron chi connectivity index (χ0n) is 10.2. The average Bonchev–Trinajstić information content (AvgIpc) is 2.33. The van der Waals surface area contributed by atoms with Gasteiger partial charge in [-0.05, 0) is 43.6 Å². The Balaban J connectivity index is 1.86. The van der Waals surface area contributed by atoms with Crippen LogP contribution in [0.1, 0.15) is 37.7 Å². The molecule has 0 saturated heterocycles. The topological polar surface area (TPSA) is 37.0 Å². The third-order valence-corrected chi connectivity index (χ3v) is 3.40. The Hall–Kier alpha value is -1.16. The summed E-state index contributed by atoms with van der Waals surface area (Å²) < 4.78 is 0. The Morgan fingerprint density at radius 2 is 2.12 bits per heavy atom. The van der Waals surface area contributed by atoms with Crippen molar-refractivity contribution >= 4 is 23.1 Å². The van der Waals surface area contributed by atoms with Crippen LogP contribution in [0.4, 0.5) is 5.82 Å². The molecule has 0 radical (unpaired) electrons. The van der Waals surface area contributed by atoms with Crippen molar-refractivity contribution in [2.75, 3.05) is 5.32 Å². The summed E-state index contributed by atoms with van der Waals surface area (Å²) >= 11 is 5.31. The van der Waals surface area contributed by atoms with Crippen LogP contribution in [0.3, 0.4) is 0 Å². The molecule has 0 amide bonds. The minimum absolute atomic E-state index is 0.535. The van der Waals surface area contributed by atoms with E-state index in [1.54, 1.807) is 6.20 Å². The molecule has 0 unspecified atom stereocenters. The van der Waals surface area contributed by atoms with Gasteiger partial charge in [0.05, 0.1) is 0 Å². The quantitative estimate of drug-likeness (QED) is 0.790. The molecule has 92 valence electrons. The van der Waals surface area contributed by atoms with Crippen molar-refractivity contribution < 1.29 is 0 Å². The molecule has 0 aliphatic heterocycles. The summed E-state index contributed by atoms with van der Waals surface area (Å²) in [6.45, 7) is 2.03. The molecule has 3 nitrogen and oxygen atoms in total. The summed E-state index contributed by atoms with van der Waals surface area (Å²) in [6, 6.07) is 4.49. The van der Waals surface area contributed by atoms with Gasteiger partial charge in [-0.15, -0.1) is 0 Å². The highest BCUT2D eigenvalue weighted by Crippen LogP contribution is 2.17. The molecule has 1 heterocycles. The molecule has 1 saturated carbocycles. The van der Waals surface area contributed by atoms with E-state index in [2.05, 4.69) is 15.6 Å². The smallest absolute Gasteiger partial charge is 0.172 e. The van der Waals surface area contributed by atoms with Crippen molar-refractivity contribution in [1.82, 2.24) is 10.3 Å². The van der Waals surface area contributed by atoms with Crippen LogP contribution >= 0.6 is 12.2 Å². The second-order valence-electron chi connectivity index (χ2n) is 4.60. The standard InChI is InChI=1S/C13H19N3S/c1-10-6-5-9-14-12(10)16-13(17)15-11-7-3-2-4-8-11/h5-6,9,11H,2-4,7-8H2,1H3,(H2,14,15,16,17). The van der Waals surface area contributed by atoms with Gasteiger partial charge in [-0.2, -0.15) is 0 Å². The van der Waals surface area contributed by atoms with E-state index in [-0.39, 0.29) is 0 Å². The molecular formula is C13H19N3S. The van der Waals surface area contributed by atoms with Crippen LogP contribution in [0.2, 0.25) is 0 Å². The number of anilines is 1. The van der Waals surface area contributed by atoms with Crippen LogP contribution in [0.5, 0.6) is 0 Å². The van der Waals surface area contributed by atoms with E-state index < -0.39 is 0 Å². The number of hydrogen-bond acceptors (Lipinski definition) is 2. The average molecular weight is 249 g/mol. The highest BCUT2D eigenvalue weighted by atomic mass is 32.1. The number of rotatable bonds is 2. The lowest BCUT2D eigenvalue weighted by atomic mass is 9.96. The molecule has 1 aliphatic carbocycles. The number of thiocarbonyl (C=S) groups is 1. The fourth-order valence-corrected chi connectivity index (χ4v) is 2.46. The lowest BCUT2D eigenvalue weighted by molar-refractivity contribution is 0.415. The minimum atomic E-state index is 0.535. The first-order chi connectivity index (χ1) is 8.25. The van der Waals surface area contributed by atoms with Crippen LogP contribution in [0.25, 0.3) is 0 Å². The molecule has 0 atom stereocenters. The van der Waals surface area contributed by atoms with E-state index in [1.807, 2.05) is 19.1 Å². The molecule has 1 aliphatic rings. The molecule has 17 heavy (non-hydrogen) atoms. The maximum absolute atomic E-state index is 5.31. The van der Waals surface area contributed by atoms with Gasteiger partial charge in [-0.25, -0.2) is 4.98 Å². The summed E-state index contributed by atoms with van der Waals surface area (Å²) in [4.78, 5) is 4.27.